The largest absolute Gasteiger partial charge is 0.495 e. The van der Waals surface area contributed by atoms with Gasteiger partial charge in [0, 0.05) is 18.3 Å². The minimum Gasteiger partial charge on any atom is -0.495 e. The first-order chi connectivity index (χ1) is 9.63. The average molecular weight is 341 g/mol. The first-order valence-electron chi connectivity index (χ1n) is 6.24. The summed E-state index contributed by atoms with van der Waals surface area (Å²) in [6.45, 7) is 2.67. The van der Waals surface area contributed by atoms with Crippen molar-refractivity contribution in [2.45, 2.75) is 19.6 Å². The highest BCUT2D eigenvalue weighted by Gasteiger charge is 2.22. The molecule has 1 atom stereocenters. The molecule has 1 N–H and O–H groups in total. The zero-order valence-corrected chi connectivity index (χ0v) is 13.2. The topological polar surface area (TPSA) is 56.5 Å². The van der Waals surface area contributed by atoms with Crippen molar-refractivity contribution < 1.29 is 14.6 Å². The van der Waals surface area contributed by atoms with Crippen LogP contribution in [0.2, 0.25) is 0 Å². The zero-order chi connectivity index (χ0) is 14.7. The third kappa shape index (κ3) is 2.53. The minimum atomic E-state index is -0.811. The van der Waals surface area contributed by atoms with Crippen LogP contribution in [-0.4, -0.2) is 29.1 Å². The van der Waals surface area contributed by atoms with E-state index in [4.69, 9.17) is 9.47 Å². The maximum atomic E-state index is 10.6. The monoisotopic (exact) mass is 340 g/mol. The van der Waals surface area contributed by atoms with Gasteiger partial charge in [0.25, 0.3) is 0 Å². The van der Waals surface area contributed by atoms with Crippen molar-refractivity contribution in [1.82, 2.24) is 9.78 Å². The van der Waals surface area contributed by atoms with Gasteiger partial charge >= 0.3 is 0 Å². The van der Waals surface area contributed by atoms with E-state index in [9.17, 15) is 5.11 Å². The highest BCUT2D eigenvalue weighted by Crippen LogP contribution is 2.41. The molecule has 0 fully saturated rings. The molecule has 5 nitrogen and oxygen atoms in total. The molecule has 1 aromatic carbocycles. The molecule has 0 aliphatic rings. The van der Waals surface area contributed by atoms with E-state index in [0.29, 0.717) is 28.1 Å². The molecule has 0 aliphatic carbocycles. The SMILES string of the molecule is CCn1nccc1C(O)c1ccc(OC)c(Br)c1OC. The van der Waals surface area contributed by atoms with Crippen LogP contribution in [0.15, 0.2) is 28.9 Å². The molecular formula is C14H17BrN2O3. The quantitative estimate of drug-likeness (QED) is 0.909. The number of aliphatic hydroxyl groups is 1. The van der Waals surface area contributed by atoms with Gasteiger partial charge in [0.15, 0.2) is 0 Å². The number of benzene rings is 1. The number of aliphatic hydroxyl groups excluding tert-OH is 1. The molecule has 0 saturated heterocycles. The first kappa shape index (κ1) is 14.9. The predicted molar refractivity (Wildman–Crippen MR) is 79.2 cm³/mol. The van der Waals surface area contributed by atoms with Gasteiger partial charge in [-0.15, -0.1) is 0 Å². The van der Waals surface area contributed by atoms with Gasteiger partial charge in [-0.2, -0.15) is 5.10 Å². The molecule has 1 heterocycles. The summed E-state index contributed by atoms with van der Waals surface area (Å²) in [6.07, 6.45) is 0.863. The summed E-state index contributed by atoms with van der Waals surface area (Å²) in [6, 6.07) is 5.38. The highest BCUT2D eigenvalue weighted by molar-refractivity contribution is 9.10. The van der Waals surface area contributed by atoms with Crippen molar-refractivity contribution in [2.24, 2.45) is 0 Å². The van der Waals surface area contributed by atoms with Gasteiger partial charge in [-0.05, 0) is 41.1 Å². The summed E-state index contributed by atoms with van der Waals surface area (Å²) in [7, 11) is 3.15. The molecule has 0 amide bonds. The standard InChI is InChI=1S/C14H17BrN2O3/c1-4-17-10(7-8-16-17)13(18)9-5-6-11(19-2)12(15)14(9)20-3/h5-8,13,18H,4H2,1-3H3. The van der Waals surface area contributed by atoms with E-state index in [1.165, 1.54) is 0 Å². The molecular weight excluding hydrogens is 324 g/mol. The Hall–Kier alpha value is -1.53. The third-order valence-corrected chi connectivity index (χ3v) is 3.89. The molecule has 20 heavy (non-hydrogen) atoms. The summed E-state index contributed by atoms with van der Waals surface area (Å²) >= 11 is 3.44. The summed E-state index contributed by atoms with van der Waals surface area (Å²) < 4.78 is 13.1. The molecule has 0 spiro atoms. The van der Waals surface area contributed by atoms with Crippen LogP contribution >= 0.6 is 15.9 Å². The Morgan fingerprint density at radius 2 is 2.05 bits per heavy atom. The van der Waals surface area contributed by atoms with Crippen molar-refractivity contribution in [2.75, 3.05) is 14.2 Å². The fraction of sp³-hybridized carbons (Fsp3) is 0.357. The fourth-order valence-electron chi connectivity index (χ4n) is 2.13. The van der Waals surface area contributed by atoms with Crippen LogP contribution in [0.3, 0.4) is 0 Å². The average Bonchev–Trinajstić information content (AvgIpc) is 2.94. The van der Waals surface area contributed by atoms with Crippen molar-refractivity contribution in [1.29, 1.82) is 0 Å². The highest BCUT2D eigenvalue weighted by atomic mass is 79.9. The third-order valence-electron chi connectivity index (χ3n) is 3.14. The number of aromatic nitrogens is 2. The van der Waals surface area contributed by atoms with Gasteiger partial charge < -0.3 is 14.6 Å². The molecule has 108 valence electrons. The van der Waals surface area contributed by atoms with Crippen LogP contribution < -0.4 is 9.47 Å². The van der Waals surface area contributed by atoms with Crippen LogP contribution in [0, 0.1) is 0 Å². The van der Waals surface area contributed by atoms with E-state index in [1.54, 1.807) is 43.3 Å². The van der Waals surface area contributed by atoms with Gasteiger partial charge in [-0.3, -0.25) is 4.68 Å². The number of halogens is 1. The van der Waals surface area contributed by atoms with Crippen LogP contribution in [-0.2, 0) is 6.54 Å². The molecule has 0 radical (unpaired) electrons. The van der Waals surface area contributed by atoms with E-state index in [-0.39, 0.29) is 0 Å². The molecule has 0 saturated carbocycles. The van der Waals surface area contributed by atoms with Gasteiger partial charge in [0.1, 0.15) is 22.1 Å². The van der Waals surface area contributed by atoms with Gasteiger partial charge in [0.2, 0.25) is 0 Å². The van der Waals surface area contributed by atoms with Crippen LogP contribution in [0.5, 0.6) is 11.5 Å². The van der Waals surface area contributed by atoms with E-state index in [1.807, 2.05) is 6.92 Å². The van der Waals surface area contributed by atoms with Crippen molar-refractivity contribution >= 4 is 15.9 Å². The zero-order valence-electron chi connectivity index (χ0n) is 11.6. The number of nitrogens with zero attached hydrogens (tertiary/aromatic N) is 2. The second-order valence-corrected chi connectivity index (χ2v) is 4.97. The van der Waals surface area contributed by atoms with Crippen LogP contribution in [0.25, 0.3) is 0 Å². The first-order valence-corrected chi connectivity index (χ1v) is 7.03. The molecule has 6 heteroatoms. The smallest absolute Gasteiger partial charge is 0.143 e. The second kappa shape index (κ2) is 6.28. The van der Waals surface area contributed by atoms with E-state index in [0.717, 1.165) is 5.69 Å². The maximum absolute atomic E-state index is 10.6. The number of aryl methyl sites for hydroxylation is 1. The normalized spacial score (nSPS) is 12.2. The number of hydrogen-bond donors (Lipinski definition) is 1. The summed E-state index contributed by atoms with van der Waals surface area (Å²) in [4.78, 5) is 0. The predicted octanol–water partition coefficient (Wildman–Crippen LogP) is 2.76. The van der Waals surface area contributed by atoms with E-state index >= 15 is 0 Å². The Labute approximate surface area is 126 Å². The molecule has 2 aromatic rings. The molecule has 0 bridgehead atoms. The minimum absolute atomic E-state index is 0.556. The van der Waals surface area contributed by atoms with Gasteiger partial charge in [-0.25, -0.2) is 0 Å². The summed E-state index contributed by atoms with van der Waals surface area (Å²) in [5, 5.41) is 14.8. The van der Waals surface area contributed by atoms with Crippen molar-refractivity contribution in [3.63, 3.8) is 0 Å². The van der Waals surface area contributed by atoms with E-state index in [2.05, 4.69) is 21.0 Å². The molecule has 1 aromatic heterocycles. The summed E-state index contributed by atoms with van der Waals surface area (Å²) in [5.74, 6) is 1.21. The number of hydrogen-bond acceptors (Lipinski definition) is 4. The lowest BCUT2D eigenvalue weighted by molar-refractivity contribution is 0.202. The molecule has 1 unspecified atom stereocenters. The number of methoxy groups -OCH3 is 2. The Balaban J connectivity index is 2.49. The lowest BCUT2D eigenvalue weighted by atomic mass is 10.0. The van der Waals surface area contributed by atoms with Gasteiger partial charge in [-0.1, -0.05) is 0 Å². The Bertz CT molecular complexity index is 598. The fourth-order valence-corrected chi connectivity index (χ4v) is 2.82. The van der Waals surface area contributed by atoms with Crippen LogP contribution in [0.1, 0.15) is 24.3 Å². The lowest BCUT2D eigenvalue weighted by Crippen LogP contribution is -2.10. The van der Waals surface area contributed by atoms with Crippen molar-refractivity contribution in [3.8, 4) is 11.5 Å². The molecule has 2 rings (SSSR count). The van der Waals surface area contributed by atoms with Crippen LogP contribution in [0.4, 0.5) is 0 Å². The van der Waals surface area contributed by atoms with Gasteiger partial charge in [0.05, 0.1) is 19.9 Å². The number of ether oxygens (including phenoxy) is 2. The van der Waals surface area contributed by atoms with E-state index < -0.39 is 6.10 Å². The Morgan fingerprint density at radius 1 is 1.30 bits per heavy atom. The lowest BCUT2D eigenvalue weighted by Gasteiger charge is -2.18. The number of rotatable bonds is 5. The summed E-state index contributed by atoms with van der Waals surface area (Å²) in [5.41, 5.74) is 1.39. The maximum Gasteiger partial charge on any atom is 0.143 e. The van der Waals surface area contributed by atoms with Crippen molar-refractivity contribution in [3.05, 3.63) is 40.1 Å². The second-order valence-electron chi connectivity index (χ2n) is 4.18. The Morgan fingerprint density at radius 3 is 2.65 bits per heavy atom. The molecule has 0 aliphatic heterocycles. The Kier molecular flexibility index (Phi) is 4.67.